The number of carbonyl (C=O) groups is 1. The van der Waals surface area contributed by atoms with Crippen LogP contribution in [0, 0.1) is 12.8 Å². The highest BCUT2D eigenvalue weighted by molar-refractivity contribution is 7.92. The summed E-state index contributed by atoms with van der Waals surface area (Å²) in [5.74, 6) is 0.241. The summed E-state index contributed by atoms with van der Waals surface area (Å²) in [6.45, 7) is 6.78. The molecule has 0 aliphatic carbocycles. The molecule has 0 unspecified atom stereocenters. The summed E-state index contributed by atoms with van der Waals surface area (Å²) in [7, 11) is -3.75. The highest BCUT2D eigenvalue weighted by atomic mass is 35.5. The second-order valence-corrected chi connectivity index (χ2v) is 9.33. The summed E-state index contributed by atoms with van der Waals surface area (Å²) in [5, 5.41) is 3.12. The number of sulfonamides is 1. The van der Waals surface area contributed by atoms with Crippen LogP contribution in [0.2, 0.25) is 5.02 Å². The molecule has 0 radical (unpaired) electrons. The minimum atomic E-state index is -3.75. The lowest BCUT2D eigenvalue weighted by Gasteiger charge is -2.16. The van der Waals surface area contributed by atoms with Crippen LogP contribution in [-0.2, 0) is 10.0 Å². The van der Waals surface area contributed by atoms with Crippen molar-refractivity contribution in [2.75, 3.05) is 11.3 Å². The normalized spacial score (nSPS) is 12.4. The average molecular weight is 437 g/mol. The first-order valence-corrected chi connectivity index (χ1v) is 11.8. The van der Waals surface area contributed by atoms with Crippen molar-refractivity contribution in [1.82, 2.24) is 5.32 Å². The zero-order valence-electron chi connectivity index (χ0n) is 17.2. The van der Waals surface area contributed by atoms with Gasteiger partial charge in [0.2, 0.25) is 0 Å². The number of unbranched alkanes of at least 4 members (excludes halogenated alkanes) is 1. The van der Waals surface area contributed by atoms with E-state index in [1.165, 1.54) is 24.3 Å². The SMILES string of the molecule is CCCC[C@H](CC)CNC(=O)c1ccc(NS(=O)(=O)c2ccc(C)cc2)c(Cl)c1. The van der Waals surface area contributed by atoms with E-state index in [2.05, 4.69) is 23.9 Å². The predicted molar refractivity (Wildman–Crippen MR) is 119 cm³/mol. The van der Waals surface area contributed by atoms with Gasteiger partial charge in [-0.15, -0.1) is 0 Å². The molecule has 0 bridgehead atoms. The van der Waals surface area contributed by atoms with Crippen molar-refractivity contribution < 1.29 is 13.2 Å². The van der Waals surface area contributed by atoms with E-state index >= 15 is 0 Å². The molecular formula is C22H29ClN2O3S. The van der Waals surface area contributed by atoms with Crippen LogP contribution in [0.1, 0.15) is 55.5 Å². The van der Waals surface area contributed by atoms with E-state index in [1.54, 1.807) is 18.2 Å². The fourth-order valence-electron chi connectivity index (χ4n) is 2.94. The summed E-state index contributed by atoms with van der Waals surface area (Å²) in [6.07, 6.45) is 4.39. The molecule has 0 spiro atoms. The summed E-state index contributed by atoms with van der Waals surface area (Å²) < 4.78 is 27.5. The molecule has 0 saturated heterocycles. The van der Waals surface area contributed by atoms with Crippen molar-refractivity contribution in [3.05, 3.63) is 58.6 Å². The number of hydrogen-bond acceptors (Lipinski definition) is 3. The monoisotopic (exact) mass is 436 g/mol. The Bertz CT molecular complexity index is 928. The van der Waals surface area contributed by atoms with Crippen LogP contribution in [0.4, 0.5) is 5.69 Å². The number of halogens is 1. The van der Waals surface area contributed by atoms with E-state index in [1.807, 2.05) is 6.92 Å². The number of amides is 1. The second-order valence-electron chi connectivity index (χ2n) is 7.24. The van der Waals surface area contributed by atoms with E-state index in [0.29, 0.717) is 18.0 Å². The van der Waals surface area contributed by atoms with Crippen molar-refractivity contribution in [3.8, 4) is 0 Å². The Morgan fingerprint density at radius 1 is 1.10 bits per heavy atom. The molecule has 2 rings (SSSR count). The Balaban J connectivity index is 2.05. The predicted octanol–water partition coefficient (Wildman–Crippen LogP) is 5.40. The third-order valence-corrected chi connectivity index (χ3v) is 6.60. The fraction of sp³-hybridized carbons (Fsp3) is 0.409. The Morgan fingerprint density at radius 3 is 2.38 bits per heavy atom. The van der Waals surface area contributed by atoms with Gasteiger partial charge in [0.1, 0.15) is 0 Å². The minimum absolute atomic E-state index is 0.152. The van der Waals surface area contributed by atoms with E-state index in [-0.39, 0.29) is 21.5 Å². The van der Waals surface area contributed by atoms with Gasteiger partial charge >= 0.3 is 0 Å². The summed E-state index contributed by atoms with van der Waals surface area (Å²) in [6, 6.07) is 11.1. The molecule has 2 N–H and O–H groups in total. The molecule has 0 saturated carbocycles. The Kier molecular flexibility index (Phi) is 8.53. The molecule has 0 aliphatic heterocycles. The van der Waals surface area contributed by atoms with Crippen molar-refractivity contribution in [2.24, 2.45) is 5.92 Å². The van der Waals surface area contributed by atoms with Gasteiger partial charge in [0.15, 0.2) is 0 Å². The maximum atomic E-state index is 12.5. The molecule has 0 heterocycles. The summed E-state index contributed by atoms with van der Waals surface area (Å²) >= 11 is 6.24. The maximum Gasteiger partial charge on any atom is 0.261 e. The first kappa shape index (κ1) is 23.2. The van der Waals surface area contributed by atoms with Gasteiger partial charge in [-0.2, -0.15) is 0 Å². The van der Waals surface area contributed by atoms with E-state index < -0.39 is 10.0 Å². The van der Waals surface area contributed by atoms with Gasteiger partial charge in [0.25, 0.3) is 15.9 Å². The summed E-state index contributed by atoms with van der Waals surface area (Å²) in [5.41, 5.74) is 1.61. The molecule has 1 amide bonds. The Labute approximate surface area is 178 Å². The van der Waals surface area contributed by atoms with Crippen LogP contribution in [0.3, 0.4) is 0 Å². The van der Waals surface area contributed by atoms with Crippen molar-refractivity contribution in [3.63, 3.8) is 0 Å². The topological polar surface area (TPSA) is 75.3 Å². The Hall–Kier alpha value is -2.05. The van der Waals surface area contributed by atoms with E-state index in [9.17, 15) is 13.2 Å². The van der Waals surface area contributed by atoms with Crippen LogP contribution in [-0.4, -0.2) is 20.9 Å². The largest absolute Gasteiger partial charge is 0.352 e. The molecule has 5 nitrogen and oxygen atoms in total. The van der Waals surface area contributed by atoms with Gasteiger partial charge in [-0.25, -0.2) is 8.42 Å². The Morgan fingerprint density at radius 2 is 1.79 bits per heavy atom. The van der Waals surface area contributed by atoms with Crippen LogP contribution in [0.25, 0.3) is 0 Å². The van der Waals surface area contributed by atoms with Gasteiger partial charge in [-0.3, -0.25) is 9.52 Å². The third-order valence-electron chi connectivity index (χ3n) is 4.90. The lowest BCUT2D eigenvalue weighted by atomic mass is 9.99. The van der Waals surface area contributed by atoms with E-state index in [0.717, 1.165) is 31.2 Å². The fourth-order valence-corrected chi connectivity index (χ4v) is 4.31. The van der Waals surface area contributed by atoms with Crippen molar-refractivity contribution in [1.29, 1.82) is 0 Å². The van der Waals surface area contributed by atoms with Gasteiger partial charge in [-0.05, 0) is 49.6 Å². The lowest BCUT2D eigenvalue weighted by Crippen LogP contribution is -2.29. The minimum Gasteiger partial charge on any atom is -0.352 e. The van der Waals surface area contributed by atoms with Crippen LogP contribution in [0.5, 0.6) is 0 Å². The van der Waals surface area contributed by atoms with Gasteiger partial charge in [0.05, 0.1) is 15.6 Å². The molecule has 2 aromatic carbocycles. The third kappa shape index (κ3) is 6.75. The number of anilines is 1. The highest BCUT2D eigenvalue weighted by Crippen LogP contribution is 2.26. The molecule has 29 heavy (non-hydrogen) atoms. The lowest BCUT2D eigenvalue weighted by molar-refractivity contribution is 0.0946. The van der Waals surface area contributed by atoms with Gasteiger partial charge in [0, 0.05) is 12.1 Å². The molecule has 0 aliphatic rings. The number of benzene rings is 2. The molecular weight excluding hydrogens is 408 g/mol. The molecule has 1 atom stereocenters. The number of rotatable bonds is 10. The summed E-state index contributed by atoms with van der Waals surface area (Å²) in [4.78, 5) is 12.6. The first-order valence-electron chi connectivity index (χ1n) is 9.94. The maximum absolute atomic E-state index is 12.5. The number of nitrogens with one attached hydrogen (secondary N) is 2. The van der Waals surface area contributed by atoms with Crippen LogP contribution >= 0.6 is 11.6 Å². The zero-order valence-corrected chi connectivity index (χ0v) is 18.7. The number of aryl methyl sites for hydroxylation is 1. The molecule has 7 heteroatoms. The smallest absolute Gasteiger partial charge is 0.261 e. The van der Waals surface area contributed by atoms with E-state index in [4.69, 9.17) is 11.6 Å². The van der Waals surface area contributed by atoms with Crippen molar-refractivity contribution >= 4 is 33.2 Å². The zero-order chi connectivity index (χ0) is 21.4. The quantitative estimate of drug-likeness (QED) is 0.523. The molecule has 158 valence electrons. The van der Waals surface area contributed by atoms with Crippen LogP contribution in [0.15, 0.2) is 47.4 Å². The van der Waals surface area contributed by atoms with Crippen LogP contribution < -0.4 is 10.0 Å². The molecule has 2 aromatic rings. The highest BCUT2D eigenvalue weighted by Gasteiger charge is 2.17. The van der Waals surface area contributed by atoms with Gasteiger partial charge < -0.3 is 5.32 Å². The number of carbonyl (C=O) groups excluding carboxylic acids is 1. The molecule has 0 aromatic heterocycles. The standard InChI is InChI=1S/C22H29ClN2O3S/c1-4-6-7-17(5-2)15-24-22(26)18-10-13-21(20(23)14-18)25-29(27,28)19-11-8-16(3)9-12-19/h8-14,17,25H,4-7,15H2,1-3H3,(H,24,26)/t17-/m0/s1. The van der Waals surface area contributed by atoms with Gasteiger partial charge in [-0.1, -0.05) is 62.4 Å². The average Bonchev–Trinajstić information content (AvgIpc) is 2.69. The number of hydrogen-bond donors (Lipinski definition) is 2. The first-order chi connectivity index (χ1) is 13.8. The molecule has 0 fully saturated rings. The van der Waals surface area contributed by atoms with Crippen molar-refractivity contribution in [2.45, 2.75) is 51.3 Å². The second kappa shape index (κ2) is 10.6.